The van der Waals surface area contributed by atoms with E-state index in [1.54, 1.807) is 14.2 Å². The first-order chi connectivity index (χ1) is 15.6. The molecule has 0 radical (unpaired) electrons. The summed E-state index contributed by atoms with van der Waals surface area (Å²) in [6.45, 7) is 2.12. The van der Waals surface area contributed by atoms with Gasteiger partial charge < -0.3 is 19.5 Å². The van der Waals surface area contributed by atoms with E-state index in [9.17, 15) is 4.79 Å². The largest absolute Gasteiger partial charge is 0.493 e. The molecule has 0 saturated carbocycles. The van der Waals surface area contributed by atoms with Crippen LogP contribution < -0.4 is 14.8 Å². The molecule has 1 amide bonds. The third-order valence-corrected chi connectivity index (χ3v) is 5.14. The average molecular weight is 430 g/mol. The summed E-state index contributed by atoms with van der Waals surface area (Å²) in [5.74, 6) is 3.39. The zero-order valence-electron chi connectivity index (χ0n) is 18.6. The van der Waals surface area contributed by atoms with Crippen molar-refractivity contribution in [3.63, 3.8) is 0 Å². The van der Waals surface area contributed by atoms with Crippen LogP contribution in [0.1, 0.15) is 24.2 Å². The number of carbonyl (C=O) groups excluding carboxylic acids is 1. The number of hydrogen-bond donors (Lipinski definition) is 1. The molecule has 5 heteroatoms. The number of terminal acetylenes is 1. The average Bonchev–Trinajstić information content (AvgIpc) is 2.84. The van der Waals surface area contributed by atoms with E-state index < -0.39 is 6.10 Å². The number of amides is 1. The highest BCUT2D eigenvalue weighted by atomic mass is 16.5. The molecule has 1 atom stereocenters. The van der Waals surface area contributed by atoms with Gasteiger partial charge in [-0.15, -0.1) is 6.42 Å². The van der Waals surface area contributed by atoms with Crippen LogP contribution in [0.4, 0.5) is 5.69 Å². The van der Waals surface area contributed by atoms with E-state index in [0.717, 1.165) is 23.1 Å². The van der Waals surface area contributed by atoms with Gasteiger partial charge in [0.05, 0.1) is 14.2 Å². The Bertz CT molecular complexity index is 1100. The molecule has 164 valence electrons. The Kier molecular flexibility index (Phi) is 7.91. The van der Waals surface area contributed by atoms with Gasteiger partial charge in [-0.2, -0.15) is 0 Å². The van der Waals surface area contributed by atoms with Crippen molar-refractivity contribution in [2.24, 2.45) is 0 Å². The maximum absolute atomic E-state index is 13.2. The maximum Gasteiger partial charge on any atom is 0.258 e. The van der Waals surface area contributed by atoms with Crippen LogP contribution >= 0.6 is 0 Å². The van der Waals surface area contributed by atoms with Gasteiger partial charge in [0.2, 0.25) is 0 Å². The number of hydrogen-bond acceptors (Lipinski definition) is 4. The molecule has 0 heterocycles. The standard InChI is InChI=1S/C27H27NO4/c1-5-17-32-26(20-13-11-19(6-2)12-14-20)27(29)28-23-10-8-7-9-22(23)21-15-16-24(30-3)25(18-21)31-4/h1,7-16,18,26H,6,17H2,2-4H3,(H,28,29). The number of rotatable bonds is 9. The Morgan fingerprint density at radius 2 is 1.72 bits per heavy atom. The lowest BCUT2D eigenvalue weighted by Crippen LogP contribution is -2.24. The highest BCUT2D eigenvalue weighted by molar-refractivity contribution is 5.98. The van der Waals surface area contributed by atoms with E-state index >= 15 is 0 Å². The molecule has 5 nitrogen and oxygen atoms in total. The van der Waals surface area contributed by atoms with Crippen molar-refractivity contribution >= 4 is 11.6 Å². The van der Waals surface area contributed by atoms with Crippen molar-refractivity contribution in [3.05, 3.63) is 77.9 Å². The van der Waals surface area contributed by atoms with Crippen molar-refractivity contribution < 1.29 is 19.0 Å². The summed E-state index contributed by atoms with van der Waals surface area (Å²) in [6, 6.07) is 21.0. The summed E-state index contributed by atoms with van der Waals surface area (Å²) < 4.78 is 16.5. The molecular weight excluding hydrogens is 402 g/mol. The van der Waals surface area contributed by atoms with Crippen molar-refractivity contribution in [3.8, 4) is 35.0 Å². The van der Waals surface area contributed by atoms with Gasteiger partial charge in [0, 0.05) is 11.3 Å². The third kappa shape index (κ3) is 5.29. The van der Waals surface area contributed by atoms with Crippen LogP contribution in [0.25, 0.3) is 11.1 Å². The van der Waals surface area contributed by atoms with E-state index in [2.05, 4.69) is 18.2 Å². The van der Waals surface area contributed by atoms with Crippen LogP contribution in [-0.2, 0) is 16.0 Å². The zero-order valence-corrected chi connectivity index (χ0v) is 18.6. The lowest BCUT2D eigenvalue weighted by molar-refractivity contribution is -0.126. The van der Waals surface area contributed by atoms with Gasteiger partial charge in [0.25, 0.3) is 5.91 Å². The Hall–Kier alpha value is -3.75. The quantitative estimate of drug-likeness (QED) is 0.471. The summed E-state index contributed by atoms with van der Waals surface area (Å²) in [4.78, 5) is 13.2. The normalized spacial score (nSPS) is 11.3. The fourth-order valence-electron chi connectivity index (χ4n) is 3.43. The summed E-state index contributed by atoms with van der Waals surface area (Å²) >= 11 is 0. The highest BCUT2D eigenvalue weighted by Gasteiger charge is 2.22. The number of carbonyl (C=O) groups is 1. The number of anilines is 1. The second-order valence-electron chi connectivity index (χ2n) is 7.09. The molecule has 0 aliphatic carbocycles. The molecular formula is C27H27NO4. The van der Waals surface area contributed by atoms with Gasteiger partial charge in [0.15, 0.2) is 17.6 Å². The van der Waals surface area contributed by atoms with E-state index in [0.29, 0.717) is 17.2 Å². The Labute approximate surface area is 189 Å². The molecule has 0 aliphatic rings. The smallest absolute Gasteiger partial charge is 0.258 e. The van der Waals surface area contributed by atoms with Gasteiger partial charge in [-0.3, -0.25) is 4.79 Å². The van der Waals surface area contributed by atoms with Gasteiger partial charge >= 0.3 is 0 Å². The first-order valence-corrected chi connectivity index (χ1v) is 10.4. The van der Waals surface area contributed by atoms with Crippen LogP contribution in [0, 0.1) is 12.3 Å². The predicted octanol–water partition coefficient (Wildman–Crippen LogP) is 5.26. The Morgan fingerprint density at radius 3 is 2.38 bits per heavy atom. The van der Waals surface area contributed by atoms with E-state index in [-0.39, 0.29) is 12.5 Å². The second-order valence-corrected chi connectivity index (χ2v) is 7.09. The molecule has 0 bridgehead atoms. The SMILES string of the molecule is C#CCOC(C(=O)Nc1ccccc1-c1ccc(OC)c(OC)c1)c1ccc(CC)cc1. The molecule has 3 aromatic carbocycles. The first-order valence-electron chi connectivity index (χ1n) is 10.4. The van der Waals surface area contributed by atoms with Crippen LogP contribution in [0.2, 0.25) is 0 Å². The molecule has 0 aromatic heterocycles. The molecule has 1 unspecified atom stereocenters. The predicted molar refractivity (Wildman–Crippen MR) is 127 cm³/mol. The molecule has 0 aliphatic heterocycles. The van der Waals surface area contributed by atoms with E-state index in [1.807, 2.05) is 66.7 Å². The van der Waals surface area contributed by atoms with Crippen molar-refractivity contribution in [1.29, 1.82) is 0 Å². The number of benzene rings is 3. The van der Waals surface area contributed by atoms with Crippen LogP contribution in [0.3, 0.4) is 0 Å². The Balaban J connectivity index is 1.91. The van der Waals surface area contributed by atoms with Gasteiger partial charge in [-0.1, -0.05) is 61.4 Å². The molecule has 0 saturated heterocycles. The fraction of sp³-hybridized carbons (Fsp3) is 0.222. The van der Waals surface area contributed by atoms with Crippen LogP contribution in [0.5, 0.6) is 11.5 Å². The number of nitrogens with one attached hydrogen (secondary N) is 1. The summed E-state index contributed by atoms with van der Waals surface area (Å²) in [5, 5.41) is 3.01. The molecule has 0 fully saturated rings. The maximum atomic E-state index is 13.2. The summed E-state index contributed by atoms with van der Waals surface area (Å²) in [5.41, 5.74) is 4.32. The number of ether oxygens (including phenoxy) is 3. The van der Waals surface area contributed by atoms with Gasteiger partial charge in [-0.25, -0.2) is 0 Å². The second kappa shape index (κ2) is 11.0. The third-order valence-electron chi connectivity index (χ3n) is 5.14. The summed E-state index contributed by atoms with van der Waals surface area (Å²) in [7, 11) is 3.18. The monoisotopic (exact) mass is 429 g/mol. The summed E-state index contributed by atoms with van der Waals surface area (Å²) in [6.07, 6.45) is 5.47. The van der Waals surface area contributed by atoms with Crippen molar-refractivity contribution in [1.82, 2.24) is 0 Å². The molecule has 0 spiro atoms. The lowest BCUT2D eigenvalue weighted by Gasteiger charge is -2.19. The van der Waals surface area contributed by atoms with E-state index in [1.165, 1.54) is 5.56 Å². The first kappa shape index (κ1) is 22.9. The molecule has 3 rings (SSSR count). The minimum Gasteiger partial charge on any atom is -0.493 e. The molecule has 32 heavy (non-hydrogen) atoms. The van der Waals surface area contributed by atoms with Crippen molar-refractivity contribution in [2.75, 3.05) is 26.1 Å². The molecule has 1 N–H and O–H groups in total. The van der Waals surface area contributed by atoms with E-state index in [4.69, 9.17) is 20.6 Å². The number of methoxy groups -OCH3 is 2. The number of aryl methyl sites for hydroxylation is 1. The van der Waals surface area contributed by atoms with Gasteiger partial charge in [-0.05, 0) is 41.3 Å². The van der Waals surface area contributed by atoms with Gasteiger partial charge in [0.1, 0.15) is 6.61 Å². The van der Waals surface area contributed by atoms with Crippen LogP contribution in [0.15, 0.2) is 66.7 Å². The topological polar surface area (TPSA) is 56.8 Å². The minimum absolute atomic E-state index is 0.0327. The van der Waals surface area contributed by atoms with Crippen LogP contribution in [-0.4, -0.2) is 26.7 Å². The lowest BCUT2D eigenvalue weighted by atomic mass is 10.0. The van der Waals surface area contributed by atoms with Crippen molar-refractivity contribution in [2.45, 2.75) is 19.4 Å². The number of para-hydroxylation sites is 1. The molecule has 3 aromatic rings. The zero-order chi connectivity index (χ0) is 22.9. The highest BCUT2D eigenvalue weighted by Crippen LogP contribution is 2.35. The fourth-order valence-corrected chi connectivity index (χ4v) is 3.43. The minimum atomic E-state index is -0.824. The Morgan fingerprint density at radius 1 is 1.00 bits per heavy atom.